The number of halogens is 1. The fourth-order valence-electron chi connectivity index (χ4n) is 3.57. The van der Waals surface area contributed by atoms with Crippen molar-refractivity contribution in [1.82, 2.24) is 0 Å². The lowest BCUT2D eigenvalue weighted by atomic mass is 10.0. The summed E-state index contributed by atoms with van der Waals surface area (Å²) in [5, 5.41) is 3.02. The number of carbonyl (C=O) groups excluding carboxylic acids is 2. The second-order valence-corrected chi connectivity index (χ2v) is 7.07. The zero-order valence-electron chi connectivity index (χ0n) is 18.2. The Morgan fingerprint density at radius 1 is 0.788 bits per heavy atom. The van der Waals surface area contributed by atoms with Crippen LogP contribution in [0.25, 0.3) is 5.57 Å². The van der Waals surface area contributed by atoms with E-state index in [0.29, 0.717) is 28.5 Å². The van der Waals surface area contributed by atoms with Gasteiger partial charge in [0.1, 0.15) is 28.8 Å². The molecule has 1 aliphatic heterocycles. The van der Waals surface area contributed by atoms with Gasteiger partial charge in [0, 0.05) is 6.07 Å². The molecular formula is C25H21FN2O5. The molecule has 1 aliphatic rings. The van der Waals surface area contributed by atoms with Gasteiger partial charge in [-0.05, 0) is 42.0 Å². The van der Waals surface area contributed by atoms with Gasteiger partial charge in [0.2, 0.25) is 0 Å². The summed E-state index contributed by atoms with van der Waals surface area (Å²) in [5.74, 6) is -0.491. The predicted octanol–water partition coefficient (Wildman–Crippen LogP) is 4.25. The molecule has 0 aliphatic carbocycles. The van der Waals surface area contributed by atoms with Crippen LogP contribution in [0.1, 0.15) is 5.56 Å². The number of hydrogen-bond acceptors (Lipinski definition) is 6. The number of nitrogens with zero attached hydrogens (tertiary/aromatic N) is 1. The standard InChI is InChI=1S/C25H21FN2O5/c1-31-16-10-8-15(9-11-16)22-23(27-19-14-17(32-2)12-13-21(19)33-3)25(30)28(24(22)29)20-7-5-4-6-18(20)26/h4-14,27H,1-3H3. The second-order valence-electron chi connectivity index (χ2n) is 7.07. The first-order chi connectivity index (χ1) is 16.0. The molecule has 3 aromatic rings. The average Bonchev–Trinajstić information content (AvgIpc) is 3.08. The molecule has 2 amide bonds. The van der Waals surface area contributed by atoms with Crippen molar-refractivity contribution in [3.05, 3.63) is 83.8 Å². The number of benzene rings is 3. The van der Waals surface area contributed by atoms with E-state index in [1.54, 1.807) is 48.5 Å². The fraction of sp³-hybridized carbons (Fsp3) is 0.120. The zero-order valence-corrected chi connectivity index (χ0v) is 18.2. The van der Waals surface area contributed by atoms with Gasteiger partial charge >= 0.3 is 0 Å². The van der Waals surface area contributed by atoms with Crippen LogP contribution in [0, 0.1) is 5.82 Å². The highest BCUT2D eigenvalue weighted by molar-refractivity contribution is 6.46. The maximum Gasteiger partial charge on any atom is 0.282 e. The van der Waals surface area contributed by atoms with E-state index in [1.807, 2.05) is 0 Å². The highest BCUT2D eigenvalue weighted by atomic mass is 19.1. The Labute approximate surface area is 190 Å². The Morgan fingerprint density at radius 3 is 2.09 bits per heavy atom. The van der Waals surface area contributed by atoms with Gasteiger partial charge in [-0.25, -0.2) is 9.29 Å². The number of hydrogen-bond donors (Lipinski definition) is 1. The summed E-state index contributed by atoms with van der Waals surface area (Å²) in [5.41, 5.74) is 0.829. The molecule has 0 atom stereocenters. The van der Waals surface area contributed by atoms with E-state index < -0.39 is 17.6 Å². The van der Waals surface area contributed by atoms with Gasteiger partial charge in [-0.1, -0.05) is 24.3 Å². The van der Waals surface area contributed by atoms with E-state index in [-0.39, 0.29) is 17.0 Å². The first kappa shape index (κ1) is 21.9. The zero-order chi connectivity index (χ0) is 23.5. The van der Waals surface area contributed by atoms with E-state index in [2.05, 4.69) is 5.32 Å². The van der Waals surface area contributed by atoms with Gasteiger partial charge in [-0.15, -0.1) is 0 Å². The summed E-state index contributed by atoms with van der Waals surface area (Å²) in [4.78, 5) is 27.7. The topological polar surface area (TPSA) is 77.1 Å². The van der Waals surface area contributed by atoms with Crippen LogP contribution >= 0.6 is 0 Å². The minimum Gasteiger partial charge on any atom is -0.497 e. The van der Waals surface area contributed by atoms with Crippen LogP contribution in [-0.2, 0) is 9.59 Å². The van der Waals surface area contributed by atoms with Gasteiger partial charge in [-0.2, -0.15) is 0 Å². The number of para-hydroxylation sites is 1. The summed E-state index contributed by atoms with van der Waals surface area (Å²) in [6.07, 6.45) is 0. The molecule has 0 radical (unpaired) electrons. The molecule has 168 valence electrons. The van der Waals surface area contributed by atoms with Crippen LogP contribution in [0.15, 0.2) is 72.4 Å². The van der Waals surface area contributed by atoms with Crippen LogP contribution in [0.5, 0.6) is 17.2 Å². The Bertz CT molecular complexity index is 1250. The molecule has 0 fully saturated rings. The molecule has 3 aromatic carbocycles. The number of amides is 2. The summed E-state index contributed by atoms with van der Waals surface area (Å²) in [6.45, 7) is 0. The maximum absolute atomic E-state index is 14.5. The summed E-state index contributed by atoms with van der Waals surface area (Å²) in [6, 6.07) is 17.3. The molecule has 0 saturated heterocycles. The molecule has 1 heterocycles. The van der Waals surface area contributed by atoms with Crippen molar-refractivity contribution in [2.75, 3.05) is 31.5 Å². The number of anilines is 2. The number of ether oxygens (including phenoxy) is 3. The molecule has 0 spiro atoms. The smallest absolute Gasteiger partial charge is 0.282 e. The first-order valence-corrected chi connectivity index (χ1v) is 9.99. The molecular weight excluding hydrogens is 427 g/mol. The lowest BCUT2D eigenvalue weighted by molar-refractivity contribution is -0.120. The molecule has 0 bridgehead atoms. The van der Waals surface area contributed by atoms with Gasteiger partial charge in [-0.3, -0.25) is 9.59 Å². The van der Waals surface area contributed by atoms with Crippen molar-refractivity contribution in [3.8, 4) is 17.2 Å². The molecule has 0 aromatic heterocycles. The lowest BCUT2D eigenvalue weighted by Gasteiger charge is -2.16. The monoisotopic (exact) mass is 448 g/mol. The van der Waals surface area contributed by atoms with E-state index in [9.17, 15) is 14.0 Å². The second kappa shape index (κ2) is 9.04. The van der Waals surface area contributed by atoms with Crippen LogP contribution in [-0.4, -0.2) is 33.1 Å². The number of carbonyl (C=O) groups is 2. The van der Waals surface area contributed by atoms with E-state index >= 15 is 0 Å². The van der Waals surface area contributed by atoms with Crippen LogP contribution < -0.4 is 24.4 Å². The average molecular weight is 448 g/mol. The van der Waals surface area contributed by atoms with E-state index in [4.69, 9.17) is 14.2 Å². The molecule has 4 rings (SSSR count). The van der Waals surface area contributed by atoms with Crippen molar-refractivity contribution >= 4 is 28.8 Å². The minimum atomic E-state index is -0.694. The largest absolute Gasteiger partial charge is 0.497 e. The summed E-state index contributed by atoms with van der Waals surface area (Å²) < 4.78 is 30.4. The molecule has 7 nitrogen and oxygen atoms in total. The van der Waals surface area contributed by atoms with Gasteiger partial charge in [0.05, 0.1) is 38.3 Å². The van der Waals surface area contributed by atoms with Crippen LogP contribution in [0.2, 0.25) is 0 Å². The van der Waals surface area contributed by atoms with E-state index in [0.717, 1.165) is 4.90 Å². The summed E-state index contributed by atoms with van der Waals surface area (Å²) >= 11 is 0. The Morgan fingerprint density at radius 2 is 1.45 bits per heavy atom. The van der Waals surface area contributed by atoms with Crippen molar-refractivity contribution in [2.45, 2.75) is 0 Å². The molecule has 33 heavy (non-hydrogen) atoms. The number of methoxy groups -OCH3 is 3. The van der Waals surface area contributed by atoms with E-state index in [1.165, 1.54) is 39.5 Å². The third kappa shape index (κ3) is 3.98. The van der Waals surface area contributed by atoms with Crippen molar-refractivity contribution in [3.63, 3.8) is 0 Å². The Hall–Kier alpha value is -4.33. The summed E-state index contributed by atoms with van der Waals surface area (Å²) in [7, 11) is 4.53. The number of imide groups is 1. The quantitative estimate of drug-likeness (QED) is 0.545. The predicted molar refractivity (Wildman–Crippen MR) is 122 cm³/mol. The van der Waals surface area contributed by atoms with Gasteiger partial charge < -0.3 is 19.5 Å². The number of rotatable bonds is 7. The van der Waals surface area contributed by atoms with Crippen LogP contribution in [0.3, 0.4) is 0 Å². The van der Waals surface area contributed by atoms with Crippen molar-refractivity contribution in [2.24, 2.45) is 0 Å². The third-order valence-corrected chi connectivity index (χ3v) is 5.22. The highest BCUT2D eigenvalue weighted by Gasteiger charge is 2.41. The van der Waals surface area contributed by atoms with Crippen molar-refractivity contribution in [1.29, 1.82) is 0 Å². The minimum absolute atomic E-state index is 0.0139. The molecule has 8 heteroatoms. The highest BCUT2D eigenvalue weighted by Crippen LogP contribution is 2.37. The van der Waals surface area contributed by atoms with Crippen LogP contribution in [0.4, 0.5) is 15.8 Å². The molecule has 0 saturated carbocycles. The van der Waals surface area contributed by atoms with Gasteiger partial charge in [0.25, 0.3) is 11.8 Å². The number of nitrogens with one attached hydrogen (secondary N) is 1. The molecule has 0 unspecified atom stereocenters. The SMILES string of the molecule is COc1ccc(C2=C(Nc3cc(OC)ccc3OC)C(=O)N(c3ccccc3F)C2=O)cc1. The van der Waals surface area contributed by atoms with Crippen molar-refractivity contribution < 1.29 is 28.2 Å². The lowest BCUT2D eigenvalue weighted by Crippen LogP contribution is -2.33. The third-order valence-electron chi connectivity index (χ3n) is 5.22. The Balaban J connectivity index is 1.86. The Kier molecular flexibility index (Phi) is 5.99. The fourth-order valence-corrected chi connectivity index (χ4v) is 3.57. The maximum atomic E-state index is 14.5. The normalized spacial score (nSPS) is 13.4. The molecule has 1 N–H and O–H groups in total. The first-order valence-electron chi connectivity index (χ1n) is 9.99. The van der Waals surface area contributed by atoms with Gasteiger partial charge in [0.15, 0.2) is 0 Å².